The molecule has 2 amide bonds. The third-order valence-corrected chi connectivity index (χ3v) is 5.87. The summed E-state index contributed by atoms with van der Waals surface area (Å²) >= 11 is 0. The second kappa shape index (κ2) is 10.0. The summed E-state index contributed by atoms with van der Waals surface area (Å²) in [4.78, 5) is 23.3. The van der Waals surface area contributed by atoms with Crippen LogP contribution in [0.15, 0.2) is 47.4 Å². The van der Waals surface area contributed by atoms with E-state index in [4.69, 9.17) is 4.74 Å². The van der Waals surface area contributed by atoms with Gasteiger partial charge >= 0.3 is 6.18 Å². The van der Waals surface area contributed by atoms with Crippen molar-refractivity contribution in [1.29, 1.82) is 0 Å². The maximum Gasteiger partial charge on any atom is 0.422 e. The maximum atomic E-state index is 12.7. The fraction of sp³-hybridized carbons (Fsp3) is 0.300. The minimum Gasteiger partial charge on any atom is -0.482 e. The number of aryl methyl sites for hydroxylation is 1. The van der Waals surface area contributed by atoms with Gasteiger partial charge in [-0.25, -0.2) is 8.42 Å². The van der Waals surface area contributed by atoms with Crippen molar-refractivity contribution in [1.82, 2.24) is 4.31 Å². The molecule has 12 heteroatoms. The molecule has 8 nitrogen and oxygen atoms in total. The Morgan fingerprint density at radius 2 is 1.69 bits per heavy atom. The van der Waals surface area contributed by atoms with Crippen LogP contribution in [-0.2, 0) is 19.6 Å². The number of carbonyl (C=O) groups is 2. The normalized spacial score (nSPS) is 11.8. The Hall–Kier alpha value is -3.12. The predicted octanol–water partition coefficient (Wildman–Crippen LogP) is 3.15. The van der Waals surface area contributed by atoms with Crippen molar-refractivity contribution < 1.29 is 35.9 Å². The number of likely N-dealkylation sites (N-methyl/N-ethyl adjacent to an activating group) is 1. The second-order valence-electron chi connectivity index (χ2n) is 6.92. The first-order valence-corrected chi connectivity index (χ1v) is 10.7. The zero-order valence-corrected chi connectivity index (χ0v) is 18.3. The molecule has 0 aliphatic rings. The third kappa shape index (κ3) is 7.24. The Balaban J connectivity index is 2.10. The molecule has 2 rings (SSSR count). The molecule has 0 aliphatic carbocycles. The van der Waals surface area contributed by atoms with Gasteiger partial charge < -0.3 is 15.4 Å². The molecule has 174 valence electrons. The number of carbonyl (C=O) groups excluding carboxylic acids is 2. The lowest BCUT2D eigenvalue weighted by molar-refractivity contribution is -0.153. The number of hydrogen-bond acceptors (Lipinski definition) is 5. The first-order chi connectivity index (χ1) is 14.8. The number of amides is 2. The zero-order chi connectivity index (χ0) is 24.1. The minimum absolute atomic E-state index is 0.0182. The highest BCUT2D eigenvalue weighted by Crippen LogP contribution is 2.28. The van der Waals surface area contributed by atoms with Gasteiger partial charge in [0.2, 0.25) is 21.8 Å². The average molecular weight is 473 g/mol. The smallest absolute Gasteiger partial charge is 0.422 e. The van der Waals surface area contributed by atoms with Crippen LogP contribution < -0.4 is 15.4 Å². The molecule has 0 bridgehead atoms. The molecular weight excluding hydrogens is 451 g/mol. The Labute approximate surface area is 183 Å². The average Bonchev–Trinajstić information content (AvgIpc) is 2.67. The molecule has 0 radical (unpaired) electrons. The van der Waals surface area contributed by atoms with E-state index in [1.54, 1.807) is 13.0 Å². The van der Waals surface area contributed by atoms with Gasteiger partial charge in [0, 0.05) is 19.7 Å². The van der Waals surface area contributed by atoms with E-state index in [-0.39, 0.29) is 22.2 Å². The molecule has 0 saturated heterocycles. The number of nitrogens with zero attached hydrogens (tertiary/aromatic N) is 1. The lowest BCUT2D eigenvalue weighted by Crippen LogP contribution is -2.35. The molecule has 32 heavy (non-hydrogen) atoms. The van der Waals surface area contributed by atoms with Crippen LogP contribution >= 0.6 is 0 Å². The third-order valence-electron chi connectivity index (χ3n) is 4.05. The summed E-state index contributed by atoms with van der Waals surface area (Å²) in [5.74, 6) is -1.27. The standard InChI is InChI=1S/C20H22F3N3O5S/c1-13-4-9-17(18(10-13)31-12-20(21,22)23)25-19(28)11-26(3)32(29,30)16-7-5-15(6-8-16)24-14(2)27/h4-10H,11-12H2,1-3H3,(H,24,27)(H,25,28). The molecule has 2 N–H and O–H groups in total. The van der Waals surface area contributed by atoms with Crippen LogP contribution in [0.25, 0.3) is 0 Å². The quantitative estimate of drug-likeness (QED) is 0.613. The lowest BCUT2D eigenvalue weighted by atomic mass is 10.2. The Kier molecular flexibility index (Phi) is 7.86. The summed E-state index contributed by atoms with van der Waals surface area (Å²) in [5, 5.41) is 4.88. The fourth-order valence-electron chi connectivity index (χ4n) is 2.58. The minimum atomic E-state index is -4.56. The van der Waals surface area contributed by atoms with Crippen molar-refractivity contribution in [2.24, 2.45) is 0 Å². The van der Waals surface area contributed by atoms with E-state index < -0.39 is 35.3 Å². The van der Waals surface area contributed by atoms with Gasteiger partial charge in [-0.05, 0) is 48.9 Å². The molecule has 2 aromatic rings. The SMILES string of the molecule is CC(=O)Nc1ccc(S(=O)(=O)N(C)CC(=O)Nc2ccc(C)cc2OCC(F)(F)F)cc1. The fourth-order valence-corrected chi connectivity index (χ4v) is 3.71. The Bertz CT molecular complexity index is 1090. The molecular formula is C20H22F3N3O5S. The second-order valence-corrected chi connectivity index (χ2v) is 8.96. The summed E-state index contributed by atoms with van der Waals surface area (Å²) in [5.41, 5.74) is 1.00. The highest BCUT2D eigenvalue weighted by atomic mass is 32.2. The topological polar surface area (TPSA) is 105 Å². The van der Waals surface area contributed by atoms with Crippen molar-refractivity contribution in [2.75, 3.05) is 30.8 Å². The summed E-state index contributed by atoms with van der Waals surface area (Å²) in [7, 11) is -2.85. The summed E-state index contributed by atoms with van der Waals surface area (Å²) < 4.78 is 68.4. The number of halogens is 3. The number of rotatable bonds is 8. The number of benzene rings is 2. The molecule has 0 aromatic heterocycles. The highest BCUT2D eigenvalue weighted by molar-refractivity contribution is 7.89. The molecule has 0 fully saturated rings. The number of sulfonamides is 1. The van der Waals surface area contributed by atoms with Gasteiger partial charge in [0.1, 0.15) is 5.75 Å². The van der Waals surface area contributed by atoms with E-state index in [1.807, 2.05) is 0 Å². The van der Waals surface area contributed by atoms with Crippen molar-refractivity contribution in [3.05, 3.63) is 48.0 Å². The molecule has 0 saturated carbocycles. The van der Waals surface area contributed by atoms with Crippen LogP contribution in [0.1, 0.15) is 12.5 Å². The van der Waals surface area contributed by atoms with Gasteiger partial charge in [-0.2, -0.15) is 17.5 Å². The van der Waals surface area contributed by atoms with E-state index >= 15 is 0 Å². The Morgan fingerprint density at radius 3 is 2.25 bits per heavy atom. The monoisotopic (exact) mass is 473 g/mol. The number of ether oxygens (including phenoxy) is 1. The van der Waals surface area contributed by atoms with Gasteiger partial charge in [0.25, 0.3) is 0 Å². The zero-order valence-electron chi connectivity index (χ0n) is 17.5. The van der Waals surface area contributed by atoms with Crippen LogP contribution in [0.4, 0.5) is 24.5 Å². The summed E-state index contributed by atoms with van der Waals surface area (Å²) in [6.07, 6.45) is -4.56. The van der Waals surface area contributed by atoms with Gasteiger partial charge in [0.05, 0.1) is 17.1 Å². The molecule has 0 spiro atoms. The van der Waals surface area contributed by atoms with E-state index in [9.17, 15) is 31.2 Å². The molecule has 0 unspecified atom stereocenters. The van der Waals surface area contributed by atoms with Gasteiger partial charge in [-0.1, -0.05) is 6.07 Å². The van der Waals surface area contributed by atoms with Crippen molar-refractivity contribution >= 4 is 33.2 Å². The van der Waals surface area contributed by atoms with Crippen LogP contribution in [0.5, 0.6) is 5.75 Å². The summed E-state index contributed by atoms with van der Waals surface area (Å²) in [6.45, 7) is 0.818. The first kappa shape index (κ1) is 25.1. The van der Waals surface area contributed by atoms with Crippen molar-refractivity contribution in [3.63, 3.8) is 0 Å². The highest BCUT2D eigenvalue weighted by Gasteiger charge is 2.29. The Morgan fingerprint density at radius 1 is 1.06 bits per heavy atom. The largest absolute Gasteiger partial charge is 0.482 e. The molecule has 0 aliphatic heterocycles. The van der Waals surface area contributed by atoms with Gasteiger partial charge in [-0.3, -0.25) is 9.59 Å². The van der Waals surface area contributed by atoms with E-state index in [1.165, 1.54) is 50.4 Å². The van der Waals surface area contributed by atoms with Gasteiger partial charge in [0.15, 0.2) is 6.61 Å². The van der Waals surface area contributed by atoms with Crippen molar-refractivity contribution in [2.45, 2.75) is 24.9 Å². The number of alkyl halides is 3. The van der Waals surface area contributed by atoms with Crippen LogP contribution in [0.2, 0.25) is 0 Å². The first-order valence-electron chi connectivity index (χ1n) is 9.22. The van der Waals surface area contributed by atoms with E-state index in [2.05, 4.69) is 10.6 Å². The maximum absolute atomic E-state index is 12.7. The van der Waals surface area contributed by atoms with Gasteiger partial charge in [-0.15, -0.1) is 0 Å². The molecule has 2 aromatic carbocycles. The summed E-state index contributed by atoms with van der Waals surface area (Å²) in [6, 6.07) is 9.62. The van der Waals surface area contributed by atoms with Crippen LogP contribution in [0.3, 0.4) is 0 Å². The predicted molar refractivity (Wildman–Crippen MR) is 112 cm³/mol. The van der Waals surface area contributed by atoms with Crippen LogP contribution in [0, 0.1) is 6.92 Å². The lowest BCUT2D eigenvalue weighted by Gasteiger charge is -2.18. The van der Waals surface area contributed by atoms with E-state index in [0.29, 0.717) is 11.3 Å². The number of nitrogens with one attached hydrogen (secondary N) is 2. The molecule has 0 heterocycles. The molecule has 0 atom stereocenters. The van der Waals surface area contributed by atoms with Crippen LogP contribution in [-0.4, -0.2) is 50.9 Å². The number of hydrogen-bond donors (Lipinski definition) is 2. The van der Waals surface area contributed by atoms with E-state index in [0.717, 1.165) is 4.31 Å². The van der Waals surface area contributed by atoms with Crippen molar-refractivity contribution in [3.8, 4) is 5.75 Å². The number of anilines is 2.